The lowest BCUT2D eigenvalue weighted by molar-refractivity contribution is -0.140. The van der Waals surface area contributed by atoms with E-state index in [2.05, 4.69) is 20.4 Å². The first-order valence-electron chi connectivity index (χ1n) is 5.74. The van der Waals surface area contributed by atoms with Crippen LogP contribution >= 0.6 is 11.8 Å². The number of nitrogens with zero attached hydrogens (tertiary/aromatic N) is 4. The van der Waals surface area contributed by atoms with E-state index in [4.69, 9.17) is 5.11 Å². The second-order valence-electron chi connectivity index (χ2n) is 4.09. The van der Waals surface area contributed by atoms with Crippen molar-refractivity contribution < 1.29 is 14.7 Å². The highest BCUT2D eigenvalue weighted by Crippen LogP contribution is 2.24. The monoisotopic (exact) mass is 295 g/mol. The number of fused-ring (bicyclic) bond motifs is 1. The van der Waals surface area contributed by atoms with E-state index in [0.717, 1.165) is 5.39 Å². The fraction of sp³-hybridized carbons (Fsp3) is 0.364. The van der Waals surface area contributed by atoms with Crippen LogP contribution in [0.15, 0.2) is 17.6 Å². The lowest BCUT2D eigenvalue weighted by Gasteiger charge is -2.12. The van der Waals surface area contributed by atoms with Gasteiger partial charge in [0, 0.05) is 19.7 Å². The first kappa shape index (κ1) is 14.3. The molecule has 0 aliphatic heterocycles. The Morgan fingerprint density at radius 3 is 2.90 bits per heavy atom. The highest BCUT2D eigenvalue weighted by atomic mass is 32.2. The maximum Gasteiger partial charge on any atom is 0.327 e. The Hall–Kier alpha value is -2.16. The summed E-state index contributed by atoms with van der Waals surface area (Å²) in [5.41, 5.74) is 0.675. The Kier molecular flexibility index (Phi) is 4.18. The third kappa shape index (κ3) is 3.05. The fourth-order valence-corrected chi connectivity index (χ4v) is 2.61. The van der Waals surface area contributed by atoms with Crippen LogP contribution in [0.5, 0.6) is 0 Å². The van der Waals surface area contributed by atoms with E-state index < -0.39 is 12.0 Å². The van der Waals surface area contributed by atoms with Crippen LogP contribution in [-0.2, 0) is 16.6 Å². The first-order chi connectivity index (χ1) is 9.49. The van der Waals surface area contributed by atoms with Crippen LogP contribution in [0.4, 0.5) is 0 Å². The molecular formula is C11H13N5O3S. The summed E-state index contributed by atoms with van der Waals surface area (Å²) < 4.78 is 1.61. The van der Waals surface area contributed by atoms with Crippen LogP contribution < -0.4 is 5.32 Å². The van der Waals surface area contributed by atoms with Crippen LogP contribution in [0.2, 0.25) is 0 Å². The fourth-order valence-electron chi connectivity index (χ4n) is 1.64. The minimum atomic E-state index is -1.08. The summed E-state index contributed by atoms with van der Waals surface area (Å²) >= 11 is 1.24. The van der Waals surface area contributed by atoms with Gasteiger partial charge in [-0.25, -0.2) is 14.8 Å². The van der Waals surface area contributed by atoms with Gasteiger partial charge in [-0.3, -0.25) is 9.48 Å². The summed E-state index contributed by atoms with van der Waals surface area (Å²) in [4.78, 5) is 30.2. The molecule has 0 saturated heterocycles. The molecule has 2 N–H and O–H groups in total. The average Bonchev–Trinajstić information content (AvgIpc) is 2.76. The van der Waals surface area contributed by atoms with Gasteiger partial charge in [0.1, 0.15) is 17.4 Å². The molecule has 2 heterocycles. The zero-order valence-corrected chi connectivity index (χ0v) is 11.7. The van der Waals surface area contributed by atoms with E-state index in [1.165, 1.54) is 25.0 Å². The molecule has 0 aliphatic carbocycles. The molecule has 20 heavy (non-hydrogen) atoms. The second kappa shape index (κ2) is 5.87. The van der Waals surface area contributed by atoms with Crippen molar-refractivity contribution in [3.05, 3.63) is 12.5 Å². The number of hydrogen-bond acceptors (Lipinski definition) is 6. The molecule has 1 unspecified atom stereocenters. The predicted octanol–water partition coefficient (Wildman–Crippen LogP) is 0.0447. The maximum absolute atomic E-state index is 11.0. The molecule has 0 aromatic carbocycles. The number of carbonyl (C=O) groups is 2. The molecular weight excluding hydrogens is 282 g/mol. The Morgan fingerprint density at radius 2 is 2.25 bits per heavy atom. The molecule has 0 fully saturated rings. The first-order valence-corrected chi connectivity index (χ1v) is 6.73. The molecule has 0 aliphatic rings. The van der Waals surface area contributed by atoms with Gasteiger partial charge in [0.05, 0.1) is 11.6 Å². The van der Waals surface area contributed by atoms with Crippen LogP contribution in [0.3, 0.4) is 0 Å². The standard InChI is InChI=1S/C11H13N5O3S/c1-6(17)15-8(11(18)19)4-20-10-7-3-14-16(2)9(7)12-5-13-10/h3,5,8H,4H2,1-2H3,(H,15,17)(H,18,19). The highest BCUT2D eigenvalue weighted by molar-refractivity contribution is 7.99. The van der Waals surface area contributed by atoms with Gasteiger partial charge in [-0.2, -0.15) is 5.10 Å². The van der Waals surface area contributed by atoms with Crippen molar-refractivity contribution in [1.29, 1.82) is 0 Å². The van der Waals surface area contributed by atoms with Crippen molar-refractivity contribution in [3.8, 4) is 0 Å². The number of carbonyl (C=O) groups excluding carboxylic acids is 1. The number of carboxylic acid groups (broad SMARTS) is 1. The van der Waals surface area contributed by atoms with E-state index in [0.29, 0.717) is 10.7 Å². The van der Waals surface area contributed by atoms with Gasteiger partial charge in [0.15, 0.2) is 5.65 Å². The van der Waals surface area contributed by atoms with Crippen LogP contribution in [0, 0.1) is 0 Å². The Balaban J connectivity index is 2.15. The number of carboxylic acids is 1. The molecule has 0 saturated carbocycles. The number of thioether (sulfide) groups is 1. The van der Waals surface area contributed by atoms with E-state index in [1.54, 1.807) is 17.9 Å². The zero-order valence-electron chi connectivity index (χ0n) is 10.9. The SMILES string of the molecule is CC(=O)NC(CSc1ncnc2c1cnn2C)C(=O)O. The number of rotatable bonds is 5. The van der Waals surface area contributed by atoms with E-state index in [1.807, 2.05) is 0 Å². The minimum Gasteiger partial charge on any atom is -0.480 e. The lowest BCUT2D eigenvalue weighted by atomic mass is 10.3. The molecule has 106 valence electrons. The largest absolute Gasteiger partial charge is 0.480 e. The third-order valence-electron chi connectivity index (χ3n) is 2.56. The van der Waals surface area contributed by atoms with Gasteiger partial charge in [-0.05, 0) is 0 Å². The van der Waals surface area contributed by atoms with E-state index in [9.17, 15) is 9.59 Å². The van der Waals surface area contributed by atoms with Gasteiger partial charge in [-0.1, -0.05) is 0 Å². The zero-order chi connectivity index (χ0) is 14.7. The molecule has 1 atom stereocenters. The third-order valence-corrected chi connectivity index (χ3v) is 3.65. The predicted molar refractivity (Wildman–Crippen MR) is 72.3 cm³/mol. The second-order valence-corrected chi connectivity index (χ2v) is 5.10. The summed E-state index contributed by atoms with van der Waals surface area (Å²) in [6.07, 6.45) is 3.03. The number of aromatic nitrogens is 4. The van der Waals surface area contributed by atoms with E-state index >= 15 is 0 Å². The van der Waals surface area contributed by atoms with Gasteiger partial charge >= 0.3 is 5.97 Å². The molecule has 0 spiro atoms. The minimum absolute atomic E-state index is 0.177. The van der Waals surface area contributed by atoms with Gasteiger partial charge in [0.2, 0.25) is 5.91 Å². The van der Waals surface area contributed by atoms with Gasteiger partial charge in [0.25, 0.3) is 0 Å². The maximum atomic E-state index is 11.0. The normalized spacial score (nSPS) is 12.3. The summed E-state index contributed by atoms with van der Waals surface area (Å²) in [6.45, 7) is 1.28. The van der Waals surface area contributed by atoms with Crippen LogP contribution in [-0.4, -0.2) is 48.5 Å². The molecule has 1 amide bonds. The van der Waals surface area contributed by atoms with Crippen molar-refractivity contribution in [3.63, 3.8) is 0 Å². The highest BCUT2D eigenvalue weighted by Gasteiger charge is 2.19. The number of nitrogens with one attached hydrogen (secondary N) is 1. The van der Waals surface area contributed by atoms with Crippen molar-refractivity contribution >= 4 is 34.7 Å². The number of amides is 1. The molecule has 8 nitrogen and oxygen atoms in total. The number of hydrogen-bond donors (Lipinski definition) is 2. The Bertz CT molecular complexity index is 657. The lowest BCUT2D eigenvalue weighted by Crippen LogP contribution is -2.41. The molecule has 0 radical (unpaired) electrons. The van der Waals surface area contributed by atoms with Crippen LogP contribution in [0.25, 0.3) is 11.0 Å². The van der Waals surface area contributed by atoms with Crippen LogP contribution in [0.1, 0.15) is 6.92 Å². The van der Waals surface area contributed by atoms with Crippen molar-refractivity contribution in [2.75, 3.05) is 5.75 Å². The summed E-state index contributed by atoms with van der Waals surface area (Å²) in [7, 11) is 1.77. The topological polar surface area (TPSA) is 110 Å². The van der Waals surface area contributed by atoms with Crippen molar-refractivity contribution in [2.24, 2.45) is 7.05 Å². The number of aryl methyl sites for hydroxylation is 1. The molecule has 2 aromatic rings. The summed E-state index contributed by atoms with van der Waals surface area (Å²) in [5, 5.41) is 16.9. The van der Waals surface area contributed by atoms with Gasteiger partial charge < -0.3 is 10.4 Å². The molecule has 2 aromatic heterocycles. The number of aliphatic carboxylic acids is 1. The smallest absolute Gasteiger partial charge is 0.327 e. The summed E-state index contributed by atoms with van der Waals surface area (Å²) in [5.74, 6) is -1.29. The summed E-state index contributed by atoms with van der Waals surface area (Å²) in [6, 6.07) is -0.959. The van der Waals surface area contributed by atoms with Crippen molar-refractivity contribution in [1.82, 2.24) is 25.1 Å². The Morgan fingerprint density at radius 1 is 1.50 bits per heavy atom. The molecule has 0 bridgehead atoms. The van der Waals surface area contributed by atoms with E-state index in [-0.39, 0.29) is 11.7 Å². The van der Waals surface area contributed by atoms with Crippen molar-refractivity contribution in [2.45, 2.75) is 18.0 Å². The molecule has 9 heteroatoms. The Labute approximate surface area is 118 Å². The molecule has 2 rings (SSSR count). The quantitative estimate of drug-likeness (QED) is 0.592. The van der Waals surface area contributed by atoms with Gasteiger partial charge in [-0.15, -0.1) is 11.8 Å². The average molecular weight is 295 g/mol.